The number of ether oxygens (including phenoxy) is 2. The Morgan fingerprint density at radius 1 is 1.17 bits per heavy atom. The van der Waals surface area contributed by atoms with Gasteiger partial charge in [-0.15, -0.1) is 0 Å². The second kappa shape index (κ2) is 8.52. The Morgan fingerprint density at radius 3 is 2.43 bits per heavy atom. The molecule has 1 fully saturated rings. The number of hydrogen-bond donors (Lipinski definition) is 0. The third-order valence-electron chi connectivity index (χ3n) is 5.02. The number of benzene rings is 1. The van der Waals surface area contributed by atoms with Crippen LogP contribution in [0.5, 0.6) is 5.95 Å². The predicted octanol–water partition coefficient (Wildman–Crippen LogP) is 5.78. The highest BCUT2D eigenvalue weighted by Gasteiger charge is 2.30. The predicted molar refractivity (Wildman–Crippen MR) is 107 cm³/mol. The van der Waals surface area contributed by atoms with Crippen LogP contribution in [0.1, 0.15) is 47.5 Å². The molecule has 0 N–H and O–H groups in total. The SMILES string of the molecule is COc1oc(C2C/C(=C/C(C)=C/c3ccc(C(F)(F)F)cc3)CO2)c(C)c(=O)c1C. The van der Waals surface area contributed by atoms with Crippen molar-refractivity contribution >= 4 is 6.08 Å². The molecule has 4 nitrogen and oxygen atoms in total. The van der Waals surface area contributed by atoms with Crippen LogP contribution < -0.4 is 10.2 Å². The summed E-state index contributed by atoms with van der Waals surface area (Å²) in [4.78, 5) is 12.4. The summed E-state index contributed by atoms with van der Waals surface area (Å²) in [6.07, 6.45) is -0.440. The van der Waals surface area contributed by atoms with Crippen molar-refractivity contribution in [2.24, 2.45) is 0 Å². The monoisotopic (exact) mass is 420 g/mol. The Balaban J connectivity index is 1.77. The Labute approximate surface area is 172 Å². The first-order valence-corrected chi connectivity index (χ1v) is 9.45. The molecule has 0 bridgehead atoms. The summed E-state index contributed by atoms with van der Waals surface area (Å²) >= 11 is 0. The molecule has 0 saturated carbocycles. The molecule has 1 aliphatic rings. The molecular weight excluding hydrogens is 397 g/mol. The summed E-state index contributed by atoms with van der Waals surface area (Å²) in [5.41, 5.74) is 2.67. The summed E-state index contributed by atoms with van der Waals surface area (Å²) in [6.45, 7) is 5.60. The van der Waals surface area contributed by atoms with Gasteiger partial charge < -0.3 is 13.9 Å². The topological polar surface area (TPSA) is 48.7 Å². The third kappa shape index (κ3) is 4.67. The van der Waals surface area contributed by atoms with Gasteiger partial charge in [-0.3, -0.25) is 4.79 Å². The van der Waals surface area contributed by atoms with Crippen LogP contribution in [-0.2, 0) is 10.9 Å². The number of rotatable bonds is 4. The molecule has 2 heterocycles. The number of halogens is 3. The largest absolute Gasteiger partial charge is 0.468 e. The normalized spacial score (nSPS) is 18.8. The molecule has 0 radical (unpaired) electrons. The summed E-state index contributed by atoms with van der Waals surface area (Å²) in [7, 11) is 1.45. The molecular formula is C23H23F3O4. The molecule has 2 aromatic rings. The van der Waals surface area contributed by atoms with Crippen molar-refractivity contribution in [2.45, 2.75) is 39.5 Å². The first kappa shape index (κ1) is 21.9. The van der Waals surface area contributed by atoms with Gasteiger partial charge in [-0.05, 0) is 44.0 Å². The van der Waals surface area contributed by atoms with Crippen molar-refractivity contribution in [3.63, 3.8) is 0 Å². The molecule has 0 spiro atoms. The average Bonchev–Trinajstić information content (AvgIpc) is 3.14. The fraction of sp³-hybridized carbons (Fsp3) is 0.348. The summed E-state index contributed by atoms with van der Waals surface area (Å²) in [6, 6.07) is 5.01. The van der Waals surface area contributed by atoms with E-state index in [1.807, 2.05) is 13.0 Å². The molecule has 3 rings (SSSR count). The average molecular weight is 420 g/mol. The minimum Gasteiger partial charge on any atom is -0.468 e. The lowest BCUT2D eigenvalue weighted by Crippen LogP contribution is -2.15. The van der Waals surface area contributed by atoms with Gasteiger partial charge in [-0.1, -0.05) is 29.9 Å². The molecule has 30 heavy (non-hydrogen) atoms. The van der Waals surface area contributed by atoms with Crippen LogP contribution in [0, 0.1) is 13.8 Å². The minimum atomic E-state index is -4.35. The van der Waals surface area contributed by atoms with Gasteiger partial charge in [0.15, 0.2) is 5.43 Å². The zero-order chi connectivity index (χ0) is 22.1. The highest BCUT2D eigenvalue weighted by atomic mass is 19.4. The van der Waals surface area contributed by atoms with E-state index in [2.05, 4.69) is 0 Å². The number of alkyl halides is 3. The number of hydrogen-bond acceptors (Lipinski definition) is 4. The molecule has 0 aliphatic carbocycles. The quantitative estimate of drug-likeness (QED) is 0.630. The fourth-order valence-electron chi connectivity index (χ4n) is 3.47. The number of methoxy groups -OCH3 is 1. The van der Waals surface area contributed by atoms with E-state index < -0.39 is 17.8 Å². The van der Waals surface area contributed by atoms with Gasteiger partial charge in [0.1, 0.15) is 11.9 Å². The van der Waals surface area contributed by atoms with Crippen LogP contribution in [0.4, 0.5) is 13.2 Å². The van der Waals surface area contributed by atoms with Gasteiger partial charge in [-0.2, -0.15) is 13.2 Å². The van der Waals surface area contributed by atoms with E-state index in [0.29, 0.717) is 35.5 Å². The van der Waals surface area contributed by atoms with Gasteiger partial charge in [-0.25, -0.2) is 0 Å². The standard InChI is InChI=1S/C23H23F3O4/c1-13(9-16-5-7-18(8-6-16)23(24,25)26)10-17-11-19(29-12-17)21-14(2)20(27)15(3)22(28-4)30-21/h5-10,19H,11-12H2,1-4H3/b13-9+,17-10-. The first-order valence-electron chi connectivity index (χ1n) is 9.45. The van der Waals surface area contributed by atoms with E-state index in [1.54, 1.807) is 19.9 Å². The van der Waals surface area contributed by atoms with Crippen molar-refractivity contribution < 1.29 is 27.1 Å². The highest BCUT2D eigenvalue weighted by molar-refractivity contribution is 5.56. The van der Waals surface area contributed by atoms with Crippen LogP contribution in [0.3, 0.4) is 0 Å². The summed E-state index contributed by atoms with van der Waals surface area (Å²) in [5.74, 6) is 0.634. The van der Waals surface area contributed by atoms with Crippen LogP contribution in [-0.4, -0.2) is 13.7 Å². The van der Waals surface area contributed by atoms with Gasteiger partial charge in [0.2, 0.25) is 0 Å². The highest BCUT2D eigenvalue weighted by Crippen LogP contribution is 2.36. The van der Waals surface area contributed by atoms with Gasteiger partial charge in [0, 0.05) is 12.0 Å². The maximum atomic E-state index is 12.7. The zero-order valence-corrected chi connectivity index (χ0v) is 17.2. The molecule has 1 atom stereocenters. The molecule has 1 aliphatic heterocycles. The molecule has 1 aromatic heterocycles. The van der Waals surface area contributed by atoms with Crippen molar-refractivity contribution in [1.29, 1.82) is 0 Å². The van der Waals surface area contributed by atoms with E-state index in [4.69, 9.17) is 13.9 Å². The van der Waals surface area contributed by atoms with Crippen LogP contribution in [0.2, 0.25) is 0 Å². The third-order valence-corrected chi connectivity index (χ3v) is 5.02. The van der Waals surface area contributed by atoms with Crippen LogP contribution >= 0.6 is 0 Å². The van der Waals surface area contributed by atoms with Crippen LogP contribution in [0.15, 0.2) is 50.7 Å². The summed E-state index contributed by atoms with van der Waals surface area (Å²) < 4.78 is 54.8. The smallest absolute Gasteiger partial charge is 0.416 e. The van der Waals surface area contributed by atoms with Crippen molar-refractivity contribution in [1.82, 2.24) is 0 Å². The fourth-order valence-corrected chi connectivity index (χ4v) is 3.47. The Hall–Kier alpha value is -2.80. The molecule has 1 aromatic carbocycles. The molecule has 1 unspecified atom stereocenters. The maximum absolute atomic E-state index is 12.7. The van der Waals surface area contributed by atoms with Crippen molar-refractivity contribution in [3.8, 4) is 5.95 Å². The lowest BCUT2D eigenvalue weighted by molar-refractivity contribution is -0.137. The Bertz CT molecular complexity index is 1040. The second-order valence-corrected chi connectivity index (χ2v) is 7.35. The van der Waals surface area contributed by atoms with Gasteiger partial charge in [0.05, 0.1) is 24.8 Å². The molecule has 1 saturated heterocycles. The van der Waals surface area contributed by atoms with Crippen LogP contribution in [0.25, 0.3) is 6.08 Å². The van der Waals surface area contributed by atoms with E-state index in [1.165, 1.54) is 19.2 Å². The van der Waals surface area contributed by atoms with E-state index in [-0.39, 0.29) is 11.4 Å². The van der Waals surface area contributed by atoms with Crippen molar-refractivity contribution in [2.75, 3.05) is 13.7 Å². The zero-order valence-electron chi connectivity index (χ0n) is 17.2. The molecule has 0 amide bonds. The lowest BCUT2D eigenvalue weighted by Gasteiger charge is -2.13. The van der Waals surface area contributed by atoms with Crippen molar-refractivity contribution in [3.05, 3.63) is 79.7 Å². The second-order valence-electron chi connectivity index (χ2n) is 7.35. The Kier molecular flexibility index (Phi) is 6.22. The van der Waals surface area contributed by atoms with Gasteiger partial charge >= 0.3 is 6.18 Å². The Morgan fingerprint density at radius 2 is 1.83 bits per heavy atom. The lowest BCUT2D eigenvalue weighted by atomic mass is 10.0. The molecule has 160 valence electrons. The summed E-state index contributed by atoms with van der Waals surface area (Å²) in [5, 5.41) is 0. The maximum Gasteiger partial charge on any atom is 0.416 e. The first-order chi connectivity index (χ1) is 14.1. The van der Waals surface area contributed by atoms with E-state index >= 15 is 0 Å². The van der Waals surface area contributed by atoms with Gasteiger partial charge in [0.25, 0.3) is 5.95 Å². The van der Waals surface area contributed by atoms with E-state index in [0.717, 1.165) is 23.3 Å². The molecule has 7 heteroatoms. The van der Waals surface area contributed by atoms with E-state index in [9.17, 15) is 18.0 Å². The number of allylic oxidation sites excluding steroid dienone is 2. The minimum absolute atomic E-state index is 0.132.